The number of amides is 2. The van der Waals surface area contributed by atoms with E-state index in [1.54, 1.807) is 6.07 Å². The number of anilines is 1. The molecule has 192 valence electrons. The number of hydrogen-bond acceptors (Lipinski definition) is 8. The van der Waals surface area contributed by atoms with Crippen LogP contribution >= 0.6 is 23.4 Å². The maximum Gasteiger partial charge on any atom is 0.254 e. The fraction of sp³-hybridized carbons (Fsp3) is 0.308. The predicted octanol–water partition coefficient (Wildman–Crippen LogP) is 3.62. The fourth-order valence-electron chi connectivity index (χ4n) is 4.26. The number of hydrogen-bond donors (Lipinski definition) is 1. The summed E-state index contributed by atoms with van der Waals surface area (Å²) in [5.41, 5.74) is 1.60. The average molecular weight is 540 g/mol. The van der Waals surface area contributed by atoms with Crippen LogP contribution in [0.1, 0.15) is 22.8 Å². The number of halogens is 1. The van der Waals surface area contributed by atoms with Gasteiger partial charge in [-0.2, -0.15) is 0 Å². The molecule has 3 heterocycles. The van der Waals surface area contributed by atoms with Gasteiger partial charge in [-0.25, -0.2) is 9.97 Å². The van der Waals surface area contributed by atoms with E-state index in [-0.39, 0.29) is 30.4 Å². The molecule has 1 unspecified atom stereocenters. The van der Waals surface area contributed by atoms with E-state index < -0.39 is 0 Å². The minimum absolute atomic E-state index is 0.00624. The third-order valence-electron chi connectivity index (χ3n) is 6.15. The molecule has 0 bridgehead atoms. The molecule has 2 aromatic carbocycles. The predicted molar refractivity (Wildman–Crippen MR) is 141 cm³/mol. The second kappa shape index (κ2) is 11.3. The summed E-state index contributed by atoms with van der Waals surface area (Å²) >= 11 is 7.51. The molecule has 1 atom stereocenters. The lowest BCUT2D eigenvalue weighted by atomic mass is 10.1. The number of benzene rings is 2. The van der Waals surface area contributed by atoms with E-state index in [4.69, 9.17) is 21.1 Å². The monoisotopic (exact) mass is 539 g/mol. The number of aromatic nitrogens is 2. The summed E-state index contributed by atoms with van der Waals surface area (Å²) in [7, 11) is 0. The highest BCUT2D eigenvalue weighted by Gasteiger charge is 2.29. The second-order valence-electron chi connectivity index (χ2n) is 8.74. The Hall–Kier alpha value is -3.50. The molecule has 1 aromatic heterocycles. The normalized spacial score (nSPS) is 16.5. The molecular weight excluding hydrogens is 514 g/mol. The zero-order chi connectivity index (χ0) is 25.8. The molecule has 1 fully saturated rings. The number of ether oxygens (including phenoxy) is 2. The molecule has 9 nitrogen and oxygen atoms in total. The number of fused-ring (bicyclic) bond motifs is 1. The van der Waals surface area contributed by atoms with E-state index >= 15 is 0 Å². The Labute approximate surface area is 224 Å². The van der Waals surface area contributed by atoms with Gasteiger partial charge >= 0.3 is 0 Å². The molecule has 0 aliphatic carbocycles. The van der Waals surface area contributed by atoms with Gasteiger partial charge in [0.15, 0.2) is 16.7 Å². The van der Waals surface area contributed by atoms with E-state index in [0.29, 0.717) is 59.4 Å². The number of thioether (sulfide) groups is 1. The van der Waals surface area contributed by atoms with E-state index in [2.05, 4.69) is 20.2 Å². The standard InChI is InChI=1S/C26H26ClN5O4S/c1-17-14-31(9-10-32(17)25(34)19-5-3-2-4-6-19)23-12-22(27)29-26(30-23)37-15-24(33)28-13-18-7-8-20-21(11-18)36-16-35-20/h2-8,11-12,17H,9-10,13-16H2,1H3,(H,28,33). The van der Waals surface area contributed by atoms with E-state index in [1.807, 2.05) is 60.4 Å². The van der Waals surface area contributed by atoms with Crippen molar-refractivity contribution in [1.82, 2.24) is 20.2 Å². The van der Waals surface area contributed by atoms with Gasteiger partial charge in [-0.1, -0.05) is 47.6 Å². The first-order valence-electron chi connectivity index (χ1n) is 11.9. The summed E-state index contributed by atoms with van der Waals surface area (Å²) < 4.78 is 10.7. The largest absolute Gasteiger partial charge is 0.454 e. The van der Waals surface area contributed by atoms with Gasteiger partial charge in [-0.15, -0.1) is 0 Å². The van der Waals surface area contributed by atoms with Crippen molar-refractivity contribution >= 4 is 41.0 Å². The summed E-state index contributed by atoms with van der Waals surface area (Å²) in [5, 5.41) is 3.63. The molecule has 2 amide bonds. The lowest BCUT2D eigenvalue weighted by molar-refractivity contribution is -0.118. The van der Waals surface area contributed by atoms with Crippen LogP contribution in [0.5, 0.6) is 11.5 Å². The highest BCUT2D eigenvalue weighted by Crippen LogP contribution is 2.32. The Morgan fingerprint density at radius 2 is 1.89 bits per heavy atom. The first-order chi connectivity index (χ1) is 18.0. The van der Waals surface area contributed by atoms with Gasteiger partial charge in [-0.3, -0.25) is 9.59 Å². The molecule has 1 saturated heterocycles. The molecule has 11 heteroatoms. The van der Waals surface area contributed by atoms with Gasteiger partial charge in [0.1, 0.15) is 11.0 Å². The Kier molecular flexibility index (Phi) is 7.66. The number of rotatable bonds is 7. The van der Waals surface area contributed by atoms with Crippen LogP contribution in [-0.2, 0) is 11.3 Å². The van der Waals surface area contributed by atoms with Crippen molar-refractivity contribution in [3.8, 4) is 11.5 Å². The highest BCUT2D eigenvalue weighted by molar-refractivity contribution is 7.99. The van der Waals surface area contributed by atoms with Crippen LogP contribution in [0.4, 0.5) is 5.82 Å². The molecular formula is C26H26ClN5O4S. The van der Waals surface area contributed by atoms with E-state index in [1.165, 1.54) is 11.8 Å². The molecule has 2 aliphatic rings. The van der Waals surface area contributed by atoms with Crippen LogP contribution in [-0.4, -0.2) is 64.9 Å². The SMILES string of the molecule is CC1CN(c2cc(Cl)nc(SCC(=O)NCc3ccc4c(c3)OCO4)n2)CCN1C(=O)c1ccccc1. The number of nitrogens with zero attached hydrogens (tertiary/aromatic N) is 4. The van der Waals surface area contributed by atoms with Crippen molar-refractivity contribution in [2.75, 3.05) is 37.1 Å². The summed E-state index contributed by atoms with van der Waals surface area (Å²) in [4.78, 5) is 38.2. The second-order valence-corrected chi connectivity index (χ2v) is 10.1. The van der Waals surface area contributed by atoms with Crippen molar-refractivity contribution < 1.29 is 19.1 Å². The summed E-state index contributed by atoms with van der Waals surface area (Å²) in [6.07, 6.45) is 0. The molecule has 0 saturated carbocycles. The highest BCUT2D eigenvalue weighted by atomic mass is 35.5. The smallest absolute Gasteiger partial charge is 0.254 e. The number of piperazine rings is 1. The maximum atomic E-state index is 12.9. The summed E-state index contributed by atoms with van der Waals surface area (Å²) in [5.74, 6) is 2.10. The molecule has 37 heavy (non-hydrogen) atoms. The lowest BCUT2D eigenvalue weighted by Gasteiger charge is -2.40. The Balaban J connectivity index is 1.15. The number of carbonyl (C=O) groups is 2. The fourth-order valence-corrected chi connectivity index (χ4v) is 5.17. The maximum absolute atomic E-state index is 12.9. The average Bonchev–Trinajstić information content (AvgIpc) is 3.38. The van der Waals surface area contributed by atoms with Gasteiger partial charge in [0.05, 0.1) is 5.75 Å². The lowest BCUT2D eigenvalue weighted by Crippen LogP contribution is -2.54. The number of nitrogens with one attached hydrogen (secondary N) is 1. The van der Waals surface area contributed by atoms with Crippen LogP contribution in [0.25, 0.3) is 0 Å². The van der Waals surface area contributed by atoms with Gasteiger partial charge in [0.25, 0.3) is 5.91 Å². The molecule has 0 radical (unpaired) electrons. The molecule has 0 spiro atoms. The van der Waals surface area contributed by atoms with Crippen molar-refractivity contribution in [3.63, 3.8) is 0 Å². The van der Waals surface area contributed by atoms with Crippen LogP contribution in [0.3, 0.4) is 0 Å². The minimum atomic E-state index is -0.144. The van der Waals surface area contributed by atoms with Crippen molar-refractivity contribution in [1.29, 1.82) is 0 Å². The van der Waals surface area contributed by atoms with Crippen molar-refractivity contribution in [2.24, 2.45) is 0 Å². The number of carbonyl (C=O) groups excluding carboxylic acids is 2. The van der Waals surface area contributed by atoms with Crippen LogP contribution in [0.15, 0.2) is 59.8 Å². The Bertz CT molecular complexity index is 1300. The molecule has 2 aliphatic heterocycles. The van der Waals surface area contributed by atoms with Gasteiger partial charge in [0.2, 0.25) is 12.7 Å². The van der Waals surface area contributed by atoms with Crippen LogP contribution in [0.2, 0.25) is 5.15 Å². The first kappa shape index (κ1) is 25.2. The molecule has 1 N–H and O–H groups in total. The quantitative estimate of drug-likeness (QED) is 0.276. The Morgan fingerprint density at radius 3 is 2.70 bits per heavy atom. The van der Waals surface area contributed by atoms with Crippen molar-refractivity contribution in [2.45, 2.75) is 24.7 Å². The van der Waals surface area contributed by atoms with Crippen LogP contribution < -0.4 is 19.7 Å². The van der Waals surface area contributed by atoms with Gasteiger partial charge in [-0.05, 0) is 36.8 Å². The molecule has 3 aromatic rings. The zero-order valence-corrected chi connectivity index (χ0v) is 21.8. The van der Waals surface area contributed by atoms with E-state index in [9.17, 15) is 9.59 Å². The first-order valence-corrected chi connectivity index (χ1v) is 13.3. The van der Waals surface area contributed by atoms with Gasteiger partial charge < -0.3 is 24.6 Å². The third-order valence-corrected chi connectivity index (χ3v) is 7.19. The zero-order valence-electron chi connectivity index (χ0n) is 20.2. The minimum Gasteiger partial charge on any atom is -0.454 e. The third kappa shape index (κ3) is 6.08. The van der Waals surface area contributed by atoms with Crippen LogP contribution in [0, 0.1) is 0 Å². The van der Waals surface area contributed by atoms with E-state index in [0.717, 1.165) is 5.56 Å². The Morgan fingerprint density at radius 1 is 1.08 bits per heavy atom. The topological polar surface area (TPSA) is 96.9 Å². The summed E-state index contributed by atoms with van der Waals surface area (Å²) in [6.45, 7) is 4.42. The summed E-state index contributed by atoms with van der Waals surface area (Å²) in [6, 6.07) is 16.6. The van der Waals surface area contributed by atoms with Crippen molar-refractivity contribution in [3.05, 3.63) is 70.9 Å². The molecule has 5 rings (SSSR count). The van der Waals surface area contributed by atoms with Gasteiger partial charge in [0, 0.05) is 43.9 Å².